The third kappa shape index (κ3) is 4.35. The van der Waals surface area contributed by atoms with Crippen molar-refractivity contribution in [1.29, 1.82) is 0 Å². The summed E-state index contributed by atoms with van der Waals surface area (Å²) in [6, 6.07) is 51.7. The Bertz CT molecular complexity index is 3250. The molecular weight excluding hydrogens is 617 g/mol. The van der Waals surface area contributed by atoms with Crippen LogP contribution >= 0.6 is 0 Å². The van der Waals surface area contributed by atoms with Gasteiger partial charge in [-0.3, -0.25) is 0 Å². The van der Waals surface area contributed by atoms with Crippen molar-refractivity contribution in [2.24, 2.45) is 0 Å². The third-order valence-corrected chi connectivity index (χ3v) is 10.5. The van der Waals surface area contributed by atoms with E-state index in [1.807, 2.05) is 24.3 Å². The van der Waals surface area contributed by atoms with Gasteiger partial charge in [-0.2, -0.15) is 0 Å². The van der Waals surface area contributed by atoms with E-state index in [-0.39, 0.29) is 29.7 Å². The minimum absolute atomic E-state index is 0.169. The van der Waals surface area contributed by atoms with E-state index >= 15 is 0 Å². The second-order valence-corrected chi connectivity index (χ2v) is 13.3. The van der Waals surface area contributed by atoms with Crippen molar-refractivity contribution >= 4 is 43.1 Å². The Hall–Kier alpha value is -6.70. The normalized spacial score (nSPS) is 13.5. The third-order valence-electron chi connectivity index (χ3n) is 10.5. The van der Waals surface area contributed by atoms with Crippen LogP contribution in [0.5, 0.6) is 11.5 Å². The van der Waals surface area contributed by atoms with Crippen molar-refractivity contribution in [3.05, 3.63) is 182 Å². The maximum Gasteiger partial charge on any atom is 0.135 e. The fraction of sp³-hybridized carbons (Fsp3) is 0. The van der Waals surface area contributed by atoms with Gasteiger partial charge >= 0.3 is 0 Å². The van der Waals surface area contributed by atoms with Gasteiger partial charge in [-0.15, -0.1) is 0 Å². The average molecular weight is 652 g/mol. The van der Waals surface area contributed by atoms with Gasteiger partial charge < -0.3 is 4.74 Å². The molecule has 10 aromatic carbocycles. The molecule has 1 heteroatoms. The summed E-state index contributed by atoms with van der Waals surface area (Å²) in [5.74, 6) is 1.40. The highest BCUT2D eigenvalue weighted by Crippen LogP contribution is 2.49. The highest BCUT2D eigenvalue weighted by molar-refractivity contribution is 6.27. The number of ether oxygens (including phenoxy) is 1. The summed E-state index contributed by atoms with van der Waals surface area (Å²) in [7, 11) is 0. The molecule has 0 spiro atoms. The Labute approximate surface area is 303 Å². The van der Waals surface area contributed by atoms with Crippen molar-refractivity contribution in [1.82, 2.24) is 0 Å². The van der Waals surface area contributed by atoms with E-state index < -0.39 is 6.04 Å². The van der Waals surface area contributed by atoms with Gasteiger partial charge in [0.15, 0.2) is 0 Å². The van der Waals surface area contributed by atoms with Crippen molar-refractivity contribution in [3.63, 3.8) is 0 Å². The first kappa shape index (κ1) is 23.6. The molecule has 0 radical (unpaired) electrons. The molecule has 0 bridgehead atoms. The van der Waals surface area contributed by atoms with Gasteiger partial charge in [-0.05, 0) is 124 Å². The number of fused-ring (bicyclic) bond motifs is 2. The Morgan fingerprint density at radius 2 is 0.980 bits per heavy atom. The van der Waals surface area contributed by atoms with Crippen molar-refractivity contribution in [2.45, 2.75) is 0 Å². The fourth-order valence-corrected chi connectivity index (χ4v) is 8.14. The van der Waals surface area contributed by atoms with E-state index in [0.717, 1.165) is 44.3 Å². The van der Waals surface area contributed by atoms with Gasteiger partial charge in [0, 0.05) is 10.9 Å². The van der Waals surface area contributed by atoms with Crippen LogP contribution < -0.4 is 4.74 Å². The van der Waals surface area contributed by atoms with Crippen LogP contribution in [0.1, 0.15) is 6.85 Å². The summed E-state index contributed by atoms with van der Waals surface area (Å²) in [6.07, 6.45) is 0. The molecule has 11 rings (SSSR count). The highest BCUT2D eigenvalue weighted by atomic mass is 16.5. The first-order chi connectivity index (χ1) is 27.3. The Morgan fingerprint density at radius 1 is 0.333 bits per heavy atom. The predicted octanol–water partition coefficient (Wildman–Crippen LogP) is 14.2. The Kier molecular flexibility index (Phi) is 5.05. The monoisotopic (exact) mass is 651 g/mol. The van der Waals surface area contributed by atoms with Crippen LogP contribution in [0.2, 0.25) is 0 Å². The average Bonchev–Trinajstić information content (AvgIpc) is 3.24. The smallest absolute Gasteiger partial charge is 0.135 e. The predicted molar refractivity (Wildman–Crippen MR) is 215 cm³/mol. The molecule has 0 N–H and O–H groups in total. The van der Waals surface area contributed by atoms with Crippen LogP contribution in [0.25, 0.3) is 98.7 Å². The highest BCUT2D eigenvalue weighted by Gasteiger charge is 2.22. The first-order valence-electron chi connectivity index (χ1n) is 19.7. The molecule has 10 aromatic rings. The number of hydrogen-bond donors (Lipinski definition) is 0. The summed E-state index contributed by atoms with van der Waals surface area (Å²) < 4.78 is 48.3. The molecule has 1 aliphatic rings. The molecule has 1 heterocycles. The molecule has 1 nitrogen and oxygen atoms in total. The summed E-state index contributed by atoms with van der Waals surface area (Å²) >= 11 is 0. The fourth-order valence-electron chi connectivity index (χ4n) is 8.14. The minimum atomic E-state index is -0.407. The molecule has 0 fully saturated rings. The van der Waals surface area contributed by atoms with Crippen LogP contribution in [0, 0.1) is 0 Å². The molecule has 51 heavy (non-hydrogen) atoms. The summed E-state index contributed by atoms with van der Waals surface area (Å²) in [5, 5.41) is 9.47. The Morgan fingerprint density at radius 3 is 1.76 bits per heavy atom. The zero-order valence-electron chi connectivity index (χ0n) is 32.3. The lowest BCUT2D eigenvalue weighted by atomic mass is 9.86. The second-order valence-electron chi connectivity index (χ2n) is 13.3. The molecule has 0 aliphatic carbocycles. The molecule has 0 unspecified atom stereocenters. The van der Waals surface area contributed by atoms with Gasteiger partial charge in [0.1, 0.15) is 11.5 Å². The van der Waals surface area contributed by atoms with E-state index in [0.29, 0.717) is 11.3 Å². The molecule has 1 aliphatic heterocycles. The van der Waals surface area contributed by atoms with Gasteiger partial charge in [0.05, 0.1) is 6.85 Å². The standard InChI is InChI=1S/C50H30O/c1-3-9-31(10-4-1)36-21-26-46-44(29-36)45-30-39(28-38-15-8-16-47(51-46)48(38)45)35-13-7-14-37(27-35)41-23-18-34-19-24-42-40(32-11-5-2-6-12-32)22-17-33-20-25-43(41)50(34)49(33)42/h1-30H/i1D,3D,4D,9D,10D. The molecule has 0 saturated heterocycles. The SMILES string of the molecule is [2H]c1c([2H])c([2H])c(-c2ccc3c(c2)-c2cc(-c4cccc(-c5ccc6ccc7c(-c8ccccc8)ccc8ccc5c6c87)c4)cc4cccc(c24)O3)c([2H])c1[2H]. The van der Waals surface area contributed by atoms with E-state index in [1.54, 1.807) is 6.07 Å². The van der Waals surface area contributed by atoms with Crippen LogP contribution in [-0.2, 0) is 0 Å². The van der Waals surface area contributed by atoms with E-state index in [2.05, 4.69) is 121 Å². The van der Waals surface area contributed by atoms with E-state index in [4.69, 9.17) is 11.6 Å². The van der Waals surface area contributed by atoms with Crippen molar-refractivity contribution in [3.8, 4) is 67.1 Å². The summed E-state index contributed by atoms with van der Waals surface area (Å²) in [6.45, 7) is 0. The number of benzene rings is 10. The molecule has 236 valence electrons. The van der Waals surface area contributed by atoms with Gasteiger partial charge in [-0.25, -0.2) is 0 Å². The quantitative estimate of drug-likeness (QED) is 0.172. The minimum Gasteiger partial charge on any atom is -0.456 e. The lowest BCUT2D eigenvalue weighted by Crippen LogP contribution is -1.98. The summed E-state index contributed by atoms with van der Waals surface area (Å²) in [4.78, 5) is 0. The first-order valence-corrected chi connectivity index (χ1v) is 17.2. The van der Waals surface area contributed by atoms with Gasteiger partial charge in [-0.1, -0.05) is 145 Å². The zero-order chi connectivity index (χ0) is 37.8. The maximum atomic E-state index is 8.64. The van der Waals surface area contributed by atoms with E-state index in [9.17, 15) is 0 Å². The van der Waals surface area contributed by atoms with Crippen LogP contribution in [-0.4, -0.2) is 0 Å². The van der Waals surface area contributed by atoms with Crippen LogP contribution in [0.4, 0.5) is 0 Å². The van der Waals surface area contributed by atoms with Gasteiger partial charge in [0.2, 0.25) is 0 Å². The topological polar surface area (TPSA) is 9.23 Å². The largest absolute Gasteiger partial charge is 0.456 e. The molecule has 0 saturated carbocycles. The van der Waals surface area contributed by atoms with E-state index in [1.165, 1.54) is 49.0 Å². The van der Waals surface area contributed by atoms with Crippen molar-refractivity contribution in [2.75, 3.05) is 0 Å². The zero-order valence-corrected chi connectivity index (χ0v) is 27.3. The molecule has 0 aromatic heterocycles. The van der Waals surface area contributed by atoms with Crippen LogP contribution in [0.3, 0.4) is 0 Å². The van der Waals surface area contributed by atoms with Crippen LogP contribution in [0.15, 0.2) is 182 Å². The molecule has 0 amide bonds. The Balaban J connectivity index is 1.07. The second kappa shape index (κ2) is 10.9. The summed E-state index contributed by atoms with van der Waals surface area (Å²) in [5.41, 5.74) is 9.31. The maximum absolute atomic E-state index is 8.64. The van der Waals surface area contributed by atoms with Crippen molar-refractivity contribution < 1.29 is 11.6 Å². The number of hydrogen-bond acceptors (Lipinski definition) is 1. The van der Waals surface area contributed by atoms with Gasteiger partial charge in [0.25, 0.3) is 0 Å². The number of rotatable bonds is 4. The molecule has 0 atom stereocenters. The lowest BCUT2D eigenvalue weighted by molar-refractivity contribution is 0.487. The lowest BCUT2D eigenvalue weighted by Gasteiger charge is -2.23. The molecular formula is C50H30O.